The first-order chi connectivity index (χ1) is 11.9. The number of para-hydroxylation sites is 1. The van der Waals surface area contributed by atoms with E-state index in [2.05, 4.69) is 23.7 Å². The van der Waals surface area contributed by atoms with Crippen LogP contribution in [0.15, 0.2) is 78.9 Å². The summed E-state index contributed by atoms with van der Waals surface area (Å²) < 4.78 is 5.34. The predicted molar refractivity (Wildman–Crippen MR) is 97.8 cm³/mol. The lowest BCUT2D eigenvalue weighted by molar-refractivity contribution is 0.413. The average molecular weight is 308 g/mol. The van der Waals surface area contributed by atoms with Gasteiger partial charge in [0.2, 0.25) is 0 Å². The van der Waals surface area contributed by atoms with Crippen LogP contribution in [0.1, 0.15) is 22.3 Å². The molecule has 3 rings (SSSR count). The molecule has 0 spiro atoms. The van der Waals surface area contributed by atoms with Gasteiger partial charge in [-0.05, 0) is 36.4 Å². The quantitative estimate of drug-likeness (QED) is 0.602. The molecule has 3 aromatic carbocycles. The van der Waals surface area contributed by atoms with Crippen LogP contribution in [0.2, 0.25) is 0 Å². The lowest BCUT2D eigenvalue weighted by Crippen LogP contribution is -1.87. The van der Waals surface area contributed by atoms with E-state index in [1.165, 1.54) is 0 Å². The number of benzene rings is 3. The molecule has 0 bridgehead atoms. The van der Waals surface area contributed by atoms with E-state index >= 15 is 0 Å². The van der Waals surface area contributed by atoms with Crippen LogP contribution in [0, 0.1) is 23.7 Å². The summed E-state index contributed by atoms with van der Waals surface area (Å²) in [5.41, 5.74) is 3.69. The summed E-state index contributed by atoms with van der Waals surface area (Å²) >= 11 is 0. The average Bonchev–Trinajstić information content (AvgIpc) is 2.66. The van der Waals surface area contributed by atoms with E-state index in [0.29, 0.717) is 0 Å². The van der Waals surface area contributed by atoms with Gasteiger partial charge < -0.3 is 4.74 Å². The van der Waals surface area contributed by atoms with Gasteiger partial charge in [0, 0.05) is 16.7 Å². The maximum atomic E-state index is 5.34. The number of ether oxygens (including phenoxy) is 1. The highest BCUT2D eigenvalue weighted by atomic mass is 16.5. The number of hydrogen-bond donors (Lipinski definition) is 0. The van der Waals surface area contributed by atoms with Crippen molar-refractivity contribution in [3.8, 4) is 29.4 Å². The van der Waals surface area contributed by atoms with Crippen LogP contribution >= 0.6 is 0 Å². The Morgan fingerprint density at radius 1 is 0.542 bits per heavy atom. The molecule has 0 N–H and O–H groups in total. The molecule has 0 radical (unpaired) electrons. The molecule has 0 saturated heterocycles. The van der Waals surface area contributed by atoms with Gasteiger partial charge in [0.15, 0.2) is 0 Å². The molecule has 0 atom stereocenters. The summed E-state index contributed by atoms with van der Waals surface area (Å²) in [7, 11) is 1.65. The molecular weight excluding hydrogens is 292 g/mol. The molecule has 0 aromatic heterocycles. The zero-order chi connectivity index (χ0) is 16.6. The molecule has 0 heterocycles. The first-order valence-corrected chi connectivity index (χ1v) is 7.68. The summed E-state index contributed by atoms with van der Waals surface area (Å²) in [6, 6.07) is 25.6. The van der Waals surface area contributed by atoms with Gasteiger partial charge >= 0.3 is 0 Å². The summed E-state index contributed by atoms with van der Waals surface area (Å²) in [4.78, 5) is 0. The monoisotopic (exact) mass is 308 g/mol. The first kappa shape index (κ1) is 15.5. The standard InChI is InChI=1S/C23H16O/c1-24-23-14-8-7-13-22(23)18-17-21-12-6-5-11-20(21)16-15-19-9-3-2-4-10-19/h2-14H,1H3. The van der Waals surface area contributed by atoms with E-state index in [0.717, 1.165) is 28.0 Å². The van der Waals surface area contributed by atoms with E-state index in [1.54, 1.807) is 7.11 Å². The summed E-state index contributed by atoms with van der Waals surface area (Å²) in [5, 5.41) is 0. The van der Waals surface area contributed by atoms with Gasteiger partial charge in [0.1, 0.15) is 5.75 Å². The third kappa shape index (κ3) is 3.86. The largest absolute Gasteiger partial charge is 0.495 e. The van der Waals surface area contributed by atoms with Crippen molar-refractivity contribution in [1.29, 1.82) is 0 Å². The van der Waals surface area contributed by atoms with Gasteiger partial charge in [-0.3, -0.25) is 0 Å². The highest BCUT2D eigenvalue weighted by Crippen LogP contribution is 2.16. The third-order valence-electron chi connectivity index (χ3n) is 3.48. The third-order valence-corrected chi connectivity index (χ3v) is 3.48. The Morgan fingerprint density at radius 3 is 1.71 bits per heavy atom. The van der Waals surface area contributed by atoms with E-state index in [4.69, 9.17) is 4.74 Å². The van der Waals surface area contributed by atoms with E-state index in [9.17, 15) is 0 Å². The lowest BCUT2D eigenvalue weighted by Gasteiger charge is -2.01. The fourth-order valence-electron chi connectivity index (χ4n) is 2.24. The van der Waals surface area contributed by atoms with Crippen LogP contribution in [0.25, 0.3) is 0 Å². The smallest absolute Gasteiger partial charge is 0.134 e. The minimum atomic E-state index is 0.776. The molecule has 0 aliphatic rings. The normalized spacial score (nSPS) is 9.21. The number of methoxy groups -OCH3 is 1. The van der Waals surface area contributed by atoms with Crippen molar-refractivity contribution in [2.24, 2.45) is 0 Å². The van der Waals surface area contributed by atoms with Crippen molar-refractivity contribution in [1.82, 2.24) is 0 Å². The zero-order valence-electron chi connectivity index (χ0n) is 13.4. The fourth-order valence-corrected chi connectivity index (χ4v) is 2.24. The Kier molecular flexibility index (Phi) is 4.98. The zero-order valence-corrected chi connectivity index (χ0v) is 13.4. The summed E-state index contributed by atoms with van der Waals surface area (Å²) in [5.74, 6) is 13.6. The van der Waals surface area contributed by atoms with Gasteiger partial charge in [-0.15, -0.1) is 0 Å². The Bertz CT molecular complexity index is 948. The van der Waals surface area contributed by atoms with Crippen molar-refractivity contribution in [3.63, 3.8) is 0 Å². The van der Waals surface area contributed by atoms with Crippen LogP contribution in [-0.4, -0.2) is 7.11 Å². The second-order valence-corrected chi connectivity index (χ2v) is 5.11. The van der Waals surface area contributed by atoms with E-state index < -0.39 is 0 Å². The molecule has 1 nitrogen and oxygen atoms in total. The molecule has 24 heavy (non-hydrogen) atoms. The van der Waals surface area contributed by atoms with Crippen LogP contribution < -0.4 is 4.74 Å². The Hall–Kier alpha value is -3.42. The van der Waals surface area contributed by atoms with E-state index in [1.807, 2.05) is 78.9 Å². The molecule has 0 saturated carbocycles. The second kappa shape index (κ2) is 7.73. The maximum Gasteiger partial charge on any atom is 0.134 e. The van der Waals surface area contributed by atoms with Gasteiger partial charge in [-0.25, -0.2) is 0 Å². The van der Waals surface area contributed by atoms with Gasteiger partial charge in [-0.1, -0.05) is 66.1 Å². The number of rotatable bonds is 1. The Labute approximate surface area is 142 Å². The van der Waals surface area contributed by atoms with Crippen molar-refractivity contribution >= 4 is 0 Å². The summed E-state index contributed by atoms with van der Waals surface area (Å²) in [6.07, 6.45) is 0. The topological polar surface area (TPSA) is 9.23 Å². The summed E-state index contributed by atoms with van der Waals surface area (Å²) in [6.45, 7) is 0. The highest BCUT2D eigenvalue weighted by molar-refractivity contribution is 5.56. The molecular formula is C23H16O. The van der Waals surface area contributed by atoms with Crippen molar-refractivity contribution in [2.45, 2.75) is 0 Å². The van der Waals surface area contributed by atoms with Crippen LogP contribution in [-0.2, 0) is 0 Å². The molecule has 114 valence electrons. The predicted octanol–water partition coefficient (Wildman–Crippen LogP) is 4.49. The van der Waals surface area contributed by atoms with Crippen molar-refractivity contribution in [2.75, 3.05) is 7.11 Å². The molecule has 0 amide bonds. The Balaban J connectivity index is 1.94. The van der Waals surface area contributed by atoms with Crippen molar-refractivity contribution in [3.05, 3.63) is 101 Å². The van der Waals surface area contributed by atoms with Crippen LogP contribution in [0.3, 0.4) is 0 Å². The molecule has 0 aliphatic carbocycles. The highest BCUT2D eigenvalue weighted by Gasteiger charge is 1.98. The number of hydrogen-bond acceptors (Lipinski definition) is 1. The van der Waals surface area contributed by atoms with Crippen LogP contribution in [0.5, 0.6) is 5.75 Å². The maximum absolute atomic E-state index is 5.34. The van der Waals surface area contributed by atoms with Gasteiger partial charge in [0.25, 0.3) is 0 Å². The Morgan fingerprint density at radius 2 is 1.04 bits per heavy atom. The first-order valence-electron chi connectivity index (χ1n) is 7.68. The molecule has 3 aromatic rings. The van der Waals surface area contributed by atoms with E-state index in [-0.39, 0.29) is 0 Å². The lowest BCUT2D eigenvalue weighted by atomic mass is 10.1. The van der Waals surface area contributed by atoms with Crippen molar-refractivity contribution < 1.29 is 4.74 Å². The fraction of sp³-hybridized carbons (Fsp3) is 0.0435. The molecule has 0 unspecified atom stereocenters. The molecule has 0 fully saturated rings. The van der Waals surface area contributed by atoms with Gasteiger partial charge in [0.05, 0.1) is 12.7 Å². The van der Waals surface area contributed by atoms with Gasteiger partial charge in [-0.2, -0.15) is 0 Å². The minimum Gasteiger partial charge on any atom is -0.495 e. The molecule has 0 aliphatic heterocycles. The van der Waals surface area contributed by atoms with Crippen LogP contribution in [0.4, 0.5) is 0 Å². The minimum absolute atomic E-state index is 0.776. The second-order valence-electron chi connectivity index (χ2n) is 5.11. The SMILES string of the molecule is COc1ccccc1C#Cc1ccccc1C#Cc1ccccc1. The molecule has 1 heteroatoms.